The number of rotatable bonds is 4. The van der Waals surface area contributed by atoms with Crippen LogP contribution in [0.4, 0.5) is 0 Å². The first-order valence-corrected chi connectivity index (χ1v) is 7.69. The minimum absolute atomic E-state index is 0.372. The summed E-state index contributed by atoms with van der Waals surface area (Å²) in [5, 5.41) is 4.12. The fourth-order valence-corrected chi connectivity index (χ4v) is 2.32. The molecule has 2 aromatic rings. The summed E-state index contributed by atoms with van der Waals surface area (Å²) in [6.45, 7) is 8.56. The Bertz CT molecular complexity index is 683. The predicted molar refractivity (Wildman–Crippen MR) is 87.5 cm³/mol. The summed E-state index contributed by atoms with van der Waals surface area (Å²) in [5.74, 6) is 0.679. The standard InChI is InChI=1S/C16H22BN3O3/c1-15(2)16(3,4)23-17(22-15)12-8-14(10-18-9-12)21-11-13-6-7-19-20(13)5/h6-10H,11H2,1-5H3. The monoisotopic (exact) mass is 315 g/mol. The van der Waals surface area contributed by atoms with Crippen LogP contribution in [0.25, 0.3) is 0 Å². The highest BCUT2D eigenvalue weighted by Gasteiger charge is 2.51. The first kappa shape index (κ1) is 16.0. The number of pyridine rings is 1. The molecule has 0 saturated carbocycles. The Balaban J connectivity index is 1.72. The first-order chi connectivity index (χ1) is 10.8. The van der Waals surface area contributed by atoms with Crippen LogP contribution in [-0.4, -0.2) is 33.1 Å². The van der Waals surface area contributed by atoms with E-state index in [1.807, 2.05) is 46.9 Å². The van der Waals surface area contributed by atoms with Crippen LogP contribution in [0.5, 0.6) is 5.75 Å². The molecule has 0 unspecified atom stereocenters. The van der Waals surface area contributed by atoms with Gasteiger partial charge in [0.1, 0.15) is 12.4 Å². The molecule has 1 aliphatic heterocycles. The number of nitrogens with zero attached hydrogens (tertiary/aromatic N) is 3. The van der Waals surface area contributed by atoms with E-state index >= 15 is 0 Å². The second-order valence-corrected chi connectivity index (χ2v) is 6.78. The average molecular weight is 315 g/mol. The van der Waals surface area contributed by atoms with Gasteiger partial charge in [-0.2, -0.15) is 5.10 Å². The van der Waals surface area contributed by atoms with E-state index in [1.54, 1.807) is 23.3 Å². The van der Waals surface area contributed by atoms with E-state index in [0.29, 0.717) is 12.4 Å². The summed E-state index contributed by atoms with van der Waals surface area (Å²) in [6, 6.07) is 3.83. The van der Waals surface area contributed by atoms with E-state index in [0.717, 1.165) is 11.2 Å². The molecule has 122 valence electrons. The van der Waals surface area contributed by atoms with Gasteiger partial charge in [-0.1, -0.05) is 0 Å². The Morgan fingerprint density at radius 1 is 1.17 bits per heavy atom. The Labute approximate surface area is 136 Å². The molecule has 23 heavy (non-hydrogen) atoms. The van der Waals surface area contributed by atoms with Crippen molar-refractivity contribution in [2.24, 2.45) is 7.05 Å². The Kier molecular flexibility index (Phi) is 3.94. The molecule has 3 rings (SSSR count). The van der Waals surface area contributed by atoms with Crippen molar-refractivity contribution in [3.05, 3.63) is 36.4 Å². The zero-order valence-electron chi connectivity index (χ0n) is 14.2. The van der Waals surface area contributed by atoms with Crippen molar-refractivity contribution in [2.45, 2.75) is 45.5 Å². The molecule has 0 radical (unpaired) electrons. The molecule has 1 saturated heterocycles. The highest BCUT2D eigenvalue weighted by molar-refractivity contribution is 6.62. The van der Waals surface area contributed by atoms with Gasteiger partial charge in [0.25, 0.3) is 0 Å². The predicted octanol–water partition coefficient (Wildman–Crippen LogP) is 1.69. The van der Waals surface area contributed by atoms with E-state index in [2.05, 4.69) is 10.1 Å². The average Bonchev–Trinajstić information content (AvgIpc) is 2.98. The van der Waals surface area contributed by atoms with Gasteiger partial charge < -0.3 is 14.0 Å². The molecule has 0 spiro atoms. The van der Waals surface area contributed by atoms with Crippen LogP contribution in [0.3, 0.4) is 0 Å². The van der Waals surface area contributed by atoms with E-state index in [-0.39, 0.29) is 11.2 Å². The highest BCUT2D eigenvalue weighted by atomic mass is 16.7. The van der Waals surface area contributed by atoms with Crippen LogP contribution >= 0.6 is 0 Å². The molecule has 0 aromatic carbocycles. The lowest BCUT2D eigenvalue weighted by Gasteiger charge is -2.32. The lowest BCUT2D eigenvalue weighted by Crippen LogP contribution is -2.41. The topological polar surface area (TPSA) is 58.4 Å². The number of hydrogen-bond donors (Lipinski definition) is 0. The minimum atomic E-state index is -0.437. The van der Waals surface area contributed by atoms with Crippen molar-refractivity contribution in [3.63, 3.8) is 0 Å². The summed E-state index contributed by atoms with van der Waals surface area (Å²) >= 11 is 0. The van der Waals surface area contributed by atoms with Crippen LogP contribution in [0.2, 0.25) is 0 Å². The Morgan fingerprint density at radius 3 is 2.48 bits per heavy atom. The molecule has 0 aliphatic carbocycles. The fourth-order valence-electron chi connectivity index (χ4n) is 2.32. The summed E-state index contributed by atoms with van der Waals surface area (Å²) in [5.41, 5.74) is 1.10. The van der Waals surface area contributed by atoms with Crippen molar-refractivity contribution >= 4 is 12.6 Å². The van der Waals surface area contributed by atoms with Crippen molar-refractivity contribution < 1.29 is 14.0 Å². The zero-order chi connectivity index (χ0) is 16.7. The maximum absolute atomic E-state index is 6.04. The third-order valence-corrected chi connectivity index (χ3v) is 4.57. The molecule has 1 aliphatic rings. The zero-order valence-corrected chi connectivity index (χ0v) is 14.2. The smallest absolute Gasteiger partial charge is 0.486 e. The van der Waals surface area contributed by atoms with Gasteiger partial charge in [0.15, 0.2) is 0 Å². The SMILES string of the molecule is Cn1nccc1COc1cncc(B2OC(C)(C)C(C)(C)O2)c1. The molecule has 7 heteroatoms. The number of hydrogen-bond acceptors (Lipinski definition) is 5. The van der Waals surface area contributed by atoms with Crippen LogP contribution in [0.1, 0.15) is 33.4 Å². The number of aryl methyl sites for hydroxylation is 1. The second-order valence-electron chi connectivity index (χ2n) is 6.78. The molecule has 1 fully saturated rings. The van der Waals surface area contributed by atoms with Gasteiger partial charge in [0.05, 0.1) is 23.1 Å². The first-order valence-electron chi connectivity index (χ1n) is 7.69. The molecule has 0 N–H and O–H groups in total. The largest absolute Gasteiger partial charge is 0.496 e. The molecule has 3 heterocycles. The summed E-state index contributed by atoms with van der Waals surface area (Å²) < 4.78 is 19.7. The van der Waals surface area contributed by atoms with Crippen molar-refractivity contribution in [1.82, 2.24) is 14.8 Å². The van der Waals surface area contributed by atoms with Crippen LogP contribution in [0, 0.1) is 0 Å². The van der Waals surface area contributed by atoms with Crippen molar-refractivity contribution in [3.8, 4) is 5.75 Å². The highest BCUT2D eigenvalue weighted by Crippen LogP contribution is 2.36. The third kappa shape index (κ3) is 3.11. The van der Waals surface area contributed by atoms with E-state index in [4.69, 9.17) is 14.0 Å². The van der Waals surface area contributed by atoms with Gasteiger partial charge in [0, 0.05) is 24.9 Å². The van der Waals surface area contributed by atoms with Gasteiger partial charge in [0.2, 0.25) is 0 Å². The van der Waals surface area contributed by atoms with Crippen LogP contribution in [0.15, 0.2) is 30.7 Å². The van der Waals surface area contributed by atoms with Gasteiger partial charge >= 0.3 is 7.12 Å². The number of aromatic nitrogens is 3. The summed E-state index contributed by atoms with van der Waals surface area (Å²) in [7, 11) is 1.45. The number of ether oxygens (including phenoxy) is 1. The molecule has 0 bridgehead atoms. The van der Waals surface area contributed by atoms with Crippen LogP contribution < -0.4 is 10.2 Å². The van der Waals surface area contributed by atoms with Gasteiger partial charge in [-0.25, -0.2) is 0 Å². The van der Waals surface area contributed by atoms with E-state index in [1.165, 1.54) is 0 Å². The molecular formula is C16H22BN3O3. The molecule has 2 aromatic heterocycles. The maximum atomic E-state index is 6.04. The molecular weight excluding hydrogens is 293 g/mol. The van der Waals surface area contributed by atoms with E-state index in [9.17, 15) is 0 Å². The quantitative estimate of drug-likeness (QED) is 0.804. The second kappa shape index (κ2) is 5.65. The fraction of sp³-hybridized carbons (Fsp3) is 0.500. The van der Waals surface area contributed by atoms with Crippen molar-refractivity contribution in [2.75, 3.05) is 0 Å². The molecule has 0 amide bonds. The summed E-state index contributed by atoms with van der Waals surface area (Å²) in [6.07, 6.45) is 5.18. The van der Waals surface area contributed by atoms with Crippen LogP contribution in [-0.2, 0) is 23.0 Å². The van der Waals surface area contributed by atoms with Gasteiger partial charge in [-0.3, -0.25) is 9.67 Å². The summed E-state index contributed by atoms with van der Waals surface area (Å²) in [4.78, 5) is 4.24. The minimum Gasteiger partial charge on any atom is -0.486 e. The van der Waals surface area contributed by atoms with Gasteiger partial charge in [-0.15, -0.1) is 0 Å². The van der Waals surface area contributed by atoms with Crippen molar-refractivity contribution in [1.29, 1.82) is 0 Å². The van der Waals surface area contributed by atoms with Gasteiger partial charge in [-0.05, 0) is 39.8 Å². The Morgan fingerprint density at radius 2 is 1.87 bits per heavy atom. The lowest BCUT2D eigenvalue weighted by molar-refractivity contribution is 0.00578. The lowest BCUT2D eigenvalue weighted by atomic mass is 9.80. The van der Waals surface area contributed by atoms with E-state index < -0.39 is 7.12 Å². The normalized spacial score (nSPS) is 19.1. The molecule has 0 atom stereocenters. The Hall–Kier alpha value is -1.86. The third-order valence-electron chi connectivity index (χ3n) is 4.57. The maximum Gasteiger partial charge on any atom is 0.496 e. The molecule has 6 nitrogen and oxygen atoms in total.